The third-order valence-corrected chi connectivity index (χ3v) is 1.94. The van der Waals surface area contributed by atoms with Crippen molar-refractivity contribution in [3.05, 3.63) is 42.0 Å². The van der Waals surface area contributed by atoms with Crippen LogP contribution in [0, 0.1) is 0 Å². The molecule has 2 nitrogen and oxygen atoms in total. The SMILES string of the molecule is C=Cc1ccc(CO/N=[C]/CCC)cc1. The summed E-state index contributed by atoms with van der Waals surface area (Å²) in [7, 11) is 0. The van der Waals surface area contributed by atoms with E-state index in [1.807, 2.05) is 30.3 Å². The van der Waals surface area contributed by atoms with Crippen LogP contribution >= 0.6 is 0 Å². The Labute approximate surface area is 91.3 Å². The molecule has 15 heavy (non-hydrogen) atoms. The van der Waals surface area contributed by atoms with Gasteiger partial charge in [0.25, 0.3) is 0 Å². The highest BCUT2D eigenvalue weighted by Crippen LogP contribution is 2.06. The maximum absolute atomic E-state index is 5.08. The van der Waals surface area contributed by atoms with Gasteiger partial charge >= 0.3 is 0 Å². The first-order valence-electron chi connectivity index (χ1n) is 5.13. The number of hydrogen-bond acceptors (Lipinski definition) is 2. The van der Waals surface area contributed by atoms with Crippen LogP contribution in [0.2, 0.25) is 0 Å². The highest BCUT2D eigenvalue weighted by molar-refractivity contribution is 5.55. The minimum absolute atomic E-state index is 0.494. The van der Waals surface area contributed by atoms with E-state index in [1.54, 1.807) is 0 Å². The highest BCUT2D eigenvalue weighted by atomic mass is 16.6. The average Bonchev–Trinajstić information content (AvgIpc) is 2.30. The summed E-state index contributed by atoms with van der Waals surface area (Å²) in [5, 5.41) is 3.73. The molecular weight excluding hydrogens is 186 g/mol. The van der Waals surface area contributed by atoms with Gasteiger partial charge in [0.1, 0.15) is 12.8 Å². The monoisotopic (exact) mass is 202 g/mol. The summed E-state index contributed by atoms with van der Waals surface area (Å²) in [6.45, 7) is 6.27. The molecule has 0 spiro atoms. The fourth-order valence-corrected chi connectivity index (χ4v) is 1.06. The van der Waals surface area contributed by atoms with E-state index in [2.05, 4.69) is 24.9 Å². The third-order valence-electron chi connectivity index (χ3n) is 1.94. The standard InChI is InChI=1S/C13H16NO/c1-3-5-10-14-15-11-13-8-6-12(4-2)7-9-13/h4,6-9H,2-3,5,11H2,1H3. The van der Waals surface area contributed by atoms with Gasteiger partial charge in [0.15, 0.2) is 0 Å². The predicted octanol–water partition coefficient (Wildman–Crippen LogP) is 3.51. The van der Waals surface area contributed by atoms with Gasteiger partial charge in [-0.3, -0.25) is 0 Å². The lowest BCUT2D eigenvalue weighted by molar-refractivity contribution is 0.131. The van der Waals surface area contributed by atoms with Crippen molar-refractivity contribution in [3.8, 4) is 0 Å². The van der Waals surface area contributed by atoms with Crippen LogP contribution in [-0.2, 0) is 11.4 Å². The Bertz CT molecular complexity index is 314. The minimum Gasteiger partial charge on any atom is -0.391 e. The summed E-state index contributed by atoms with van der Waals surface area (Å²) in [4.78, 5) is 5.08. The van der Waals surface area contributed by atoms with Crippen molar-refractivity contribution in [2.24, 2.45) is 5.16 Å². The van der Waals surface area contributed by atoms with Crippen molar-refractivity contribution in [1.82, 2.24) is 0 Å². The molecule has 0 saturated carbocycles. The van der Waals surface area contributed by atoms with Crippen molar-refractivity contribution in [2.45, 2.75) is 26.4 Å². The van der Waals surface area contributed by atoms with Gasteiger partial charge in [-0.2, -0.15) is 0 Å². The molecule has 0 aliphatic rings. The maximum Gasteiger partial charge on any atom is 0.142 e. The highest BCUT2D eigenvalue weighted by Gasteiger charge is 1.91. The van der Waals surface area contributed by atoms with Crippen LogP contribution in [0.15, 0.2) is 36.0 Å². The Kier molecular flexibility index (Phi) is 5.23. The zero-order valence-electron chi connectivity index (χ0n) is 9.07. The second-order valence-electron chi connectivity index (χ2n) is 3.22. The summed E-state index contributed by atoms with van der Waals surface area (Å²) >= 11 is 0. The Hall–Kier alpha value is -1.57. The van der Waals surface area contributed by atoms with Gasteiger partial charge in [0.2, 0.25) is 0 Å². The predicted molar refractivity (Wildman–Crippen MR) is 63.7 cm³/mol. The lowest BCUT2D eigenvalue weighted by Gasteiger charge is -1.99. The zero-order valence-corrected chi connectivity index (χ0v) is 9.07. The van der Waals surface area contributed by atoms with E-state index in [0.717, 1.165) is 24.0 Å². The Balaban J connectivity index is 2.34. The molecule has 79 valence electrons. The van der Waals surface area contributed by atoms with Gasteiger partial charge in [-0.05, 0) is 17.5 Å². The van der Waals surface area contributed by atoms with Crippen LogP contribution in [0.5, 0.6) is 0 Å². The molecular formula is C13H16NO. The molecule has 0 amide bonds. The molecule has 0 aromatic heterocycles. The molecule has 1 aromatic rings. The van der Waals surface area contributed by atoms with Crippen LogP contribution in [-0.4, -0.2) is 6.21 Å². The molecule has 0 saturated heterocycles. The molecule has 1 rings (SSSR count). The van der Waals surface area contributed by atoms with E-state index in [-0.39, 0.29) is 0 Å². The fraction of sp³-hybridized carbons (Fsp3) is 0.308. The number of rotatable bonds is 6. The quantitative estimate of drug-likeness (QED) is 0.511. The van der Waals surface area contributed by atoms with Crippen molar-refractivity contribution in [2.75, 3.05) is 0 Å². The summed E-state index contributed by atoms with van der Waals surface area (Å²) in [5.74, 6) is 0. The number of benzene rings is 1. The normalized spacial score (nSPS) is 10.5. The third kappa shape index (κ3) is 4.45. The molecule has 0 bridgehead atoms. The summed E-state index contributed by atoms with van der Waals surface area (Å²) < 4.78 is 0. The first-order valence-corrected chi connectivity index (χ1v) is 5.13. The molecule has 0 N–H and O–H groups in total. The van der Waals surface area contributed by atoms with Crippen LogP contribution in [0.25, 0.3) is 6.08 Å². The molecule has 0 aliphatic carbocycles. The fourth-order valence-electron chi connectivity index (χ4n) is 1.06. The molecule has 0 heterocycles. The van der Waals surface area contributed by atoms with Crippen LogP contribution in [0.1, 0.15) is 30.9 Å². The molecule has 1 aromatic carbocycles. The lowest BCUT2D eigenvalue weighted by Crippen LogP contribution is -1.87. The summed E-state index contributed by atoms with van der Waals surface area (Å²) in [6, 6.07) is 8.02. The Morgan fingerprint density at radius 1 is 1.40 bits per heavy atom. The van der Waals surface area contributed by atoms with E-state index < -0.39 is 0 Å². The minimum atomic E-state index is 0.494. The topological polar surface area (TPSA) is 21.6 Å². The van der Waals surface area contributed by atoms with Crippen LogP contribution in [0.4, 0.5) is 0 Å². The number of nitrogens with zero attached hydrogens (tertiary/aromatic N) is 1. The second kappa shape index (κ2) is 6.82. The zero-order chi connectivity index (χ0) is 10.9. The molecule has 0 aliphatic heterocycles. The average molecular weight is 202 g/mol. The van der Waals surface area contributed by atoms with Crippen molar-refractivity contribution in [3.63, 3.8) is 0 Å². The molecule has 0 unspecified atom stereocenters. The second-order valence-corrected chi connectivity index (χ2v) is 3.22. The van der Waals surface area contributed by atoms with Gasteiger partial charge in [-0.15, -0.1) is 0 Å². The van der Waals surface area contributed by atoms with E-state index in [1.165, 1.54) is 0 Å². The largest absolute Gasteiger partial charge is 0.391 e. The molecule has 0 fully saturated rings. The first-order chi connectivity index (χ1) is 7.36. The van der Waals surface area contributed by atoms with E-state index in [9.17, 15) is 0 Å². The van der Waals surface area contributed by atoms with Gasteiger partial charge in [-0.1, -0.05) is 55.4 Å². The lowest BCUT2D eigenvalue weighted by atomic mass is 10.1. The first kappa shape index (κ1) is 11.5. The number of hydrogen-bond donors (Lipinski definition) is 0. The van der Waals surface area contributed by atoms with Crippen molar-refractivity contribution < 1.29 is 4.84 Å². The van der Waals surface area contributed by atoms with Crippen molar-refractivity contribution >= 4 is 12.3 Å². The van der Waals surface area contributed by atoms with Gasteiger partial charge < -0.3 is 4.84 Å². The van der Waals surface area contributed by atoms with Crippen LogP contribution in [0.3, 0.4) is 0 Å². The van der Waals surface area contributed by atoms with E-state index in [0.29, 0.717) is 6.61 Å². The molecule has 1 radical (unpaired) electrons. The number of unbranched alkanes of at least 4 members (excludes halogenated alkanes) is 1. The van der Waals surface area contributed by atoms with E-state index in [4.69, 9.17) is 4.84 Å². The maximum atomic E-state index is 5.08. The van der Waals surface area contributed by atoms with Gasteiger partial charge in [0.05, 0.1) is 0 Å². The van der Waals surface area contributed by atoms with Crippen molar-refractivity contribution in [1.29, 1.82) is 0 Å². The van der Waals surface area contributed by atoms with Gasteiger partial charge in [-0.25, -0.2) is 0 Å². The Morgan fingerprint density at radius 3 is 2.73 bits per heavy atom. The summed E-state index contributed by atoms with van der Waals surface area (Å²) in [6.07, 6.45) is 6.52. The molecule has 2 heteroatoms. The Morgan fingerprint density at radius 2 is 2.13 bits per heavy atom. The van der Waals surface area contributed by atoms with Gasteiger partial charge in [0, 0.05) is 0 Å². The van der Waals surface area contributed by atoms with Crippen LogP contribution < -0.4 is 0 Å². The van der Waals surface area contributed by atoms with E-state index >= 15 is 0 Å². The molecule has 0 atom stereocenters. The summed E-state index contributed by atoms with van der Waals surface area (Å²) in [5.41, 5.74) is 2.21. The smallest absolute Gasteiger partial charge is 0.142 e.